The molecule has 2 nitrogen and oxygen atoms in total. The number of rotatable bonds is 5. The average molecular weight is 197 g/mol. The summed E-state index contributed by atoms with van der Waals surface area (Å²) in [6, 6.07) is 3.99. The van der Waals surface area contributed by atoms with E-state index in [4.69, 9.17) is 4.74 Å². The zero-order valence-corrected chi connectivity index (χ0v) is 8.93. The molecule has 0 aliphatic carbocycles. The van der Waals surface area contributed by atoms with Crippen molar-refractivity contribution in [1.29, 1.82) is 0 Å². The molecule has 0 saturated heterocycles. The SMILES string of the molecule is CCc1ccc(OCCSC)nc1. The fraction of sp³-hybridized carbons (Fsp3) is 0.500. The maximum absolute atomic E-state index is 5.41. The van der Waals surface area contributed by atoms with Gasteiger partial charge in [0.05, 0.1) is 6.61 Å². The number of aryl methyl sites for hydroxylation is 1. The Bertz CT molecular complexity index is 235. The molecule has 0 N–H and O–H groups in total. The van der Waals surface area contributed by atoms with Gasteiger partial charge in [0.1, 0.15) is 0 Å². The summed E-state index contributed by atoms with van der Waals surface area (Å²) in [6.07, 6.45) is 4.96. The predicted molar refractivity (Wildman–Crippen MR) is 57.5 cm³/mol. The van der Waals surface area contributed by atoms with Crippen LogP contribution in [-0.2, 0) is 6.42 Å². The van der Waals surface area contributed by atoms with Crippen molar-refractivity contribution in [3.05, 3.63) is 23.9 Å². The first-order valence-electron chi connectivity index (χ1n) is 4.43. The topological polar surface area (TPSA) is 22.1 Å². The van der Waals surface area contributed by atoms with Gasteiger partial charge < -0.3 is 4.74 Å². The van der Waals surface area contributed by atoms with Crippen LogP contribution in [0.15, 0.2) is 18.3 Å². The Morgan fingerprint density at radius 3 is 2.85 bits per heavy atom. The molecular formula is C10H15NOS. The number of thioether (sulfide) groups is 1. The Labute approximate surface area is 83.7 Å². The molecule has 0 spiro atoms. The number of ether oxygens (including phenoxy) is 1. The molecule has 0 bridgehead atoms. The standard InChI is InChI=1S/C10H15NOS/c1-3-9-4-5-10(11-8-9)12-6-7-13-2/h4-5,8H,3,6-7H2,1-2H3. The van der Waals surface area contributed by atoms with Crippen LogP contribution in [0.5, 0.6) is 5.88 Å². The zero-order valence-electron chi connectivity index (χ0n) is 8.12. The second-order valence-electron chi connectivity index (χ2n) is 2.70. The molecule has 3 heteroatoms. The van der Waals surface area contributed by atoms with Gasteiger partial charge in [0.25, 0.3) is 0 Å². The number of nitrogens with zero attached hydrogens (tertiary/aromatic N) is 1. The highest BCUT2D eigenvalue weighted by molar-refractivity contribution is 7.98. The van der Waals surface area contributed by atoms with Gasteiger partial charge in [-0.3, -0.25) is 0 Å². The molecule has 0 amide bonds. The Balaban J connectivity index is 2.40. The Morgan fingerprint density at radius 1 is 1.46 bits per heavy atom. The Hall–Kier alpha value is -0.700. The molecule has 1 rings (SSSR count). The van der Waals surface area contributed by atoms with E-state index < -0.39 is 0 Å². The van der Waals surface area contributed by atoms with E-state index in [9.17, 15) is 0 Å². The summed E-state index contributed by atoms with van der Waals surface area (Å²) in [5.41, 5.74) is 1.25. The lowest BCUT2D eigenvalue weighted by molar-refractivity contribution is 0.330. The first kappa shape index (κ1) is 10.4. The lowest BCUT2D eigenvalue weighted by Gasteiger charge is -2.03. The van der Waals surface area contributed by atoms with Crippen LogP contribution >= 0.6 is 11.8 Å². The summed E-state index contributed by atoms with van der Waals surface area (Å²) >= 11 is 1.78. The predicted octanol–water partition coefficient (Wildman–Crippen LogP) is 2.39. The molecular weight excluding hydrogens is 182 g/mol. The van der Waals surface area contributed by atoms with Crippen LogP contribution in [0.1, 0.15) is 12.5 Å². The smallest absolute Gasteiger partial charge is 0.213 e. The summed E-state index contributed by atoms with van der Waals surface area (Å²) in [7, 11) is 0. The van der Waals surface area contributed by atoms with Crippen LogP contribution in [0.4, 0.5) is 0 Å². The minimum atomic E-state index is 0.728. The van der Waals surface area contributed by atoms with Gasteiger partial charge in [0.2, 0.25) is 5.88 Å². The minimum Gasteiger partial charge on any atom is -0.477 e. The van der Waals surface area contributed by atoms with Crippen molar-refractivity contribution < 1.29 is 4.74 Å². The fourth-order valence-electron chi connectivity index (χ4n) is 0.935. The van der Waals surface area contributed by atoms with E-state index in [1.807, 2.05) is 12.3 Å². The van der Waals surface area contributed by atoms with Crippen molar-refractivity contribution in [3.8, 4) is 5.88 Å². The van der Waals surface area contributed by atoms with E-state index >= 15 is 0 Å². The number of aromatic nitrogens is 1. The lowest BCUT2D eigenvalue weighted by Crippen LogP contribution is -2.01. The first-order valence-corrected chi connectivity index (χ1v) is 5.83. The van der Waals surface area contributed by atoms with Crippen LogP contribution in [0, 0.1) is 0 Å². The largest absolute Gasteiger partial charge is 0.477 e. The van der Waals surface area contributed by atoms with E-state index in [-0.39, 0.29) is 0 Å². The summed E-state index contributed by atoms with van der Waals surface area (Å²) in [4.78, 5) is 4.19. The number of pyridine rings is 1. The highest BCUT2D eigenvalue weighted by atomic mass is 32.2. The third kappa shape index (κ3) is 3.68. The van der Waals surface area contributed by atoms with Crippen molar-refractivity contribution in [2.45, 2.75) is 13.3 Å². The second kappa shape index (κ2) is 5.86. The van der Waals surface area contributed by atoms with Gasteiger partial charge in [0.15, 0.2) is 0 Å². The molecule has 0 aromatic carbocycles. The zero-order chi connectivity index (χ0) is 9.52. The van der Waals surface area contributed by atoms with Crippen LogP contribution in [0.25, 0.3) is 0 Å². The van der Waals surface area contributed by atoms with Gasteiger partial charge in [-0.05, 0) is 18.2 Å². The van der Waals surface area contributed by atoms with Crippen molar-refractivity contribution in [2.24, 2.45) is 0 Å². The maximum atomic E-state index is 5.41. The molecule has 0 radical (unpaired) electrons. The molecule has 72 valence electrons. The molecule has 0 aliphatic heterocycles. The molecule has 1 aromatic heterocycles. The molecule has 1 heterocycles. The van der Waals surface area contributed by atoms with Crippen LogP contribution in [-0.4, -0.2) is 23.6 Å². The number of hydrogen-bond acceptors (Lipinski definition) is 3. The van der Waals surface area contributed by atoms with E-state index in [2.05, 4.69) is 24.2 Å². The van der Waals surface area contributed by atoms with Crippen LogP contribution in [0.3, 0.4) is 0 Å². The van der Waals surface area contributed by atoms with Gasteiger partial charge in [-0.1, -0.05) is 13.0 Å². The van der Waals surface area contributed by atoms with Crippen LogP contribution in [0.2, 0.25) is 0 Å². The molecule has 0 fully saturated rings. The minimum absolute atomic E-state index is 0.728. The summed E-state index contributed by atoms with van der Waals surface area (Å²) in [6.45, 7) is 2.85. The average Bonchev–Trinajstić information content (AvgIpc) is 2.19. The van der Waals surface area contributed by atoms with Gasteiger partial charge in [-0.25, -0.2) is 4.98 Å². The van der Waals surface area contributed by atoms with E-state index in [0.717, 1.165) is 24.7 Å². The Kier molecular flexibility index (Phi) is 4.68. The summed E-state index contributed by atoms with van der Waals surface area (Å²) in [5.74, 6) is 1.74. The van der Waals surface area contributed by atoms with Gasteiger partial charge in [-0.2, -0.15) is 11.8 Å². The van der Waals surface area contributed by atoms with Crippen molar-refractivity contribution in [3.63, 3.8) is 0 Å². The maximum Gasteiger partial charge on any atom is 0.213 e. The van der Waals surface area contributed by atoms with E-state index in [1.54, 1.807) is 11.8 Å². The molecule has 0 unspecified atom stereocenters. The number of hydrogen-bond donors (Lipinski definition) is 0. The second-order valence-corrected chi connectivity index (χ2v) is 3.69. The summed E-state index contributed by atoms with van der Waals surface area (Å²) < 4.78 is 5.41. The van der Waals surface area contributed by atoms with Crippen molar-refractivity contribution >= 4 is 11.8 Å². The van der Waals surface area contributed by atoms with Crippen molar-refractivity contribution in [2.75, 3.05) is 18.6 Å². The third-order valence-corrected chi connectivity index (χ3v) is 2.32. The molecule has 1 aromatic rings. The first-order chi connectivity index (χ1) is 6.36. The fourth-order valence-corrected chi connectivity index (χ4v) is 1.19. The van der Waals surface area contributed by atoms with E-state index in [1.165, 1.54) is 5.56 Å². The molecule has 0 atom stereocenters. The monoisotopic (exact) mass is 197 g/mol. The van der Waals surface area contributed by atoms with E-state index in [0.29, 0.717) is 0 Å². The quantitative estimate of drug-likeness (QED) is 0.677. The third-order valence-electron chi connectivity index (χ3n) is 1.74. The highest BCUT2D eigenvalue weighted by Crippen LogP contribution is 2.08. The van der Waals surface area contributed by atoms with Crippen molar-refractivity contribution in [1.82, 2.24) is 4.98 Å². The normalized spacial score (nSPS) is 10.0. The highest BCUT2D eigenvalue weighted by Gasteiger charge is 1.94. The van der Waals surface area contributed by atoms with Gasteiger partial charge in [-0.15, -0.1) is 0 Å². The summed E-state index contributed by atoms with van der Waals surface area (Å²) in [5, 5.41) is 0. The van der Waals surface area contributed by atoms with Gasteiger partial charge >= 0.3 is 0 Å². The molecule has 0 aliphatic rings. The lowest BCUT2D eigenvalue weighted by atomic mass is 10.2. The van der Waals surface area contributed by atoms with Gasteiger partial charge in [0, 0.05) is 18.0 Å². The molecule has 13 heavy (non-hydrogen) atoms. The Morgan fingerprint density at radius 2 is 2.31 bits per heavy atom. The van der Waals surface area contributed by atoms with Crippen LogP contribution < -0.4 is 4.74 Å². The molecule has 0 saturated carbocycles.